The van der Waals surface area contributed by atoms with Crippen LogP contribution in [0.15, 0.2) is 22.8 Å². The van der Waals surface area contributed by atoms with E-state index >= 15 is 0 Å². The van der Waals surface area contributed by atoms with Crippen LogP contribution in [-0.2, 0) is 11.2 Å². The van der Waals surface area contributed by atoms with Crippen molar-refractivity contribution in [3.05, 3.63) is 24.2 Å². The maximum Gasteiger partial charge on any atom is 0.223 e. The minimum Gasteiger partial charge on any atom is -0.469 e. The Hall–Kier alpha value is -1.25. The fraction of sp³-hybridized carbons (Fsp3) is 0.500. The standard InChI is InChI=1S/C10H15NO2/c1-3-8(10(12)11-2)7-9-5-4-6-13-9/h4-6,8H,3,7H2,1-2H3,(H,11,12). The van der Waals surface area contributed by atoms with Gasteiger partial charge in [0.25, 0.3) is 0 Å². The van der Waals surface area contributed by atoms with E-state index in [-0.39, 0.29) is 11.8 Å². The summed E-state index contributed by atoms with van der Waals surface area (Å²) in [5.74, 6) is 0.977. The van der Waals surface area contributed by atoms with E-state index in [0.29, 0.717) is 6.42 Å². The molecule has 1 aromatic rings. The lowest BCUT2D eigenvalue weighted by atomic mass is 10.0. The van der Waals surface area contributed by atoms with Gasteiger partial charge in [-0.25, -0.2) is 0 Å². The second kappa shape index (κ2) is 4.70. The molecule has 0 aliphatic heterocycles. The van der Waals surface area contributed by atoms with Gasteiger partial charge in [-0.15, -0.1) is 0 Å². The van der Waals surface area contributed by atoms with E-state index in [1.165, 1.54) is 0 Å². The molecule has 1 amide bonds. The topological polar surface area (TPSA) is 42.2 Å². The first kappa shape index (κ1) is 9.84. The molecular formula is C10H15NO2. The van der Waals surface area contributed by atoms with Gasteiger partial charge in [0.05, 0.1) is 6.26 Å². The highest BCUT2D eigenvalue weighted by Gasteiger charge is 2.16. The van der Waals surface area contributed by atoms with Gasteiger partial charge in [-0.1, -0.05) is 6.92 Å². The third-order valence-electron chi connectivity index (χ3n) is 2.14. The third-order valence-corrected chi connectivity index (χ3v) is 2.14. The number of hydrogen-bond acceptors (Lipinski definition) is 2. The van der Waals surface area contributed by atoms with Crippen molar-refractivity contribution >= 4 is 5.91 Å². The summed E-state index contributed by atoms with van der Waals surface area (Å²) in [5.41, 5.74) is 0. The summed E-state index contributed by atoms with van der Waals surface area (Å²) in [5, 5.41) is 2.65. The highest BCUT2D eigenvalue weighted by atomic mass is 16.3. The molecule has 72 valence electrons. The quantitative estimate of drug-likeness (QED) is 0.766. The zero-order chi connectivity index (χ0) is 9.68. The summed E-state index contributed by atoms with van der Waals surface area (Å²) in [4.78, 5) is 11.3. The normalized spacial score (nSPS) is 12.5. The van der Waals surface area contributed by atoms with Crippen molar-refractivity contribution in [3.63, 3.8) is 0 Å². The monoisotopic (exact) mass is 181 g/mol. The van der Waals surface area contributed by atoms with Crippen LogP contribution < -0.4 is 5.32 Å². The molecule has 0 saturated heterocycles. The van der Waals surface area contributed by atoms with Crippen LogP contribution in [0.2, 0.25) is 0 Å². The lowest BCUT2D eigenvalue weighted by Gasteiger charge is -2.10. The lowest BCUT2D eigenvalue weighted by molar-refractivity contribution is -0.124. The highest BCUT2D eigenvalue weighted by molar-refractivity contribution is 5.78. The van der Waals surface area contributed by atoms with Crippen LogP contribution in [0.5, 0.6) is 0 Å². The van der Waals surface area contributed by atoms with Crippen LogP contribution >= 0.6 is 0 Å². The summed E-state index contributed by atoms with van der Waals surface area (Å²) in [6, 6.07) is 3.73. The van der Waals surface area contributed by atoms with Gasteiger partial charge in [0, 0.05) is 19.4 Å². The Morgan fingerprint density at radius 2 is 2.46 bits per heavy atom. The molecule has 0 saturated carbocycles. The first-order valence-corrected chi connectivity index (χ1v) is 4.52. The summed E-state index contributed by atoms with van der Waals surface area (Å²) in [6.07, 6.45) is 3.15. The van der Waals surface area contributed by atoms with Crippen LogP contribution in [-0.4, -0.2) is 13.0 Å². The van der Waals surface area contributed by atoms with Gasteiger partial charge in [-0.3, -0.25) is 4.79 Å². The molecule has 0 fully saturated rings. The fourth-order valence-corrected chi connectivity index (χ4v) is 1.30. The number of nitrogens with one attached hydrogen (secondary N) is 1. The Balaban J connectivity index is 2.54. The molecule has 0 aliphatic carbocycles. The predicted molar refractivity (Wildman–Crippen MR) is 50.3 cm³/mol. The zero-order valence-electron chi connectivity index (χ0n) is 8.04. The summed E-state index contributed by atoms with van der Waals surface area (Å²) in [7, 11) is 1.66. The van der Waals surface area contributed by atoms with Crippen LogP contribution in [0.25, 0.3) is 0 Å². The number of rotatable bonds is 4. The van der Waals surface area contributed by atoms with Crippen molar-refractivity contribution in [2.45, 2.75) is 19.8 Å². The molecule has 3 heteroatoms. The van der Waals surface area contributed by atoms with Crippen LogP contribution in [0, 0.1) is 5.92 Å². The van der Waals surface area contributed by atoms with Crippen LogP contribution in [0.4, 0.5) is 0 Å². The van der Waals surface area contributed by atoms with Crippen LogP contribution in [0.3, 0.4) is 0 Å². The smallest absolute Gasteiger partial charge is 0.223 e. The molecule has 1 unspecified atom stereocenters. The maximum atomic E-state index is 11.3. The minimum atomic E-state index is 0.0242. The number of carbonyl (C=O) groups is 1. The van der Waals surface area contributed by atoms with Crippen LogP contribution in [0.1, 0.15) is 19.1 Å². The van der Waals surface area contributed by atoms with Gasteiger partial charge in [-0.2, -0.15) is 0 Å². The largest absolute Gasteiger partial charge is 0.469 e. The second-order valence-electron chi connectivity index (χ2n) is 3.00. The van der Waals surface area contributed by atoms with Gasteiger partial charge in [0.15, 0.2) is 0 Å². The number of carbonyl (C=O) groups excluding carboxylic acids is 1. The van der Waals surface area contributed by atoms with E-state index in [0.717, 1.165) is 12.2 Å². The second-order valence-corrected chi connectivity index (χ2v) is 3.00. The molecule has 0 bridgehead atoms. The minimum absolute atomic E-state index is 0.0242. The number of amides is 1. The zero-order valence-corrected chi connectivity index (χ0v) is 8.04. The maximum absolute atomic E-state index is 11.3. The first-order valence-electron chi connectivity index (χ1n) is 4.52. The Morgan fingerprint density at radius 1 is 1.69 bits per heavy atom. The van der Waals surface area contributed by atoms with E-state index in [2.05, 4.69) is 5.32 Å². The van der Waals surface area contributed by atoms with Crippen molar-refractivity contribution in [2.75, 3.05) is 7.05 Å². The van der Waals surface area contributed by atoms with Crippen molar-refractivity contribution < 1.29 is 9.21 Å². The molecule has 0 radical (unpaired) electrons. The van der Waals surface area contributed by atoms with Gasteiger partial charge < -0.3 is 9.73 Å². The molecular weight excluding hydrogens is 166 g/mol. The molecule has 1 atom stereocenters. The van der Waals surface area contributed by atoms with Gasteiger partial charge >= 0.3 is 0 Å². The molecule has 1 N–H and O–H groups in total. The average molecular weight is 181 g/mol. The molecule has 13 heavy (non-hydrogen) atoms. The van der Waals surface area contributed by atoms with E-state index in [4.69, 9.17) is 4.42 Å². The summed E-state index contributed by atoms with van der Waals surface area (Å²) >= 11 is 0. The first-order chi connectivity index (χ1) is 6.27. The molecule has 1 heterocycles. The van der Waals surface area contributed by atoms with Crippen molar-refractivity contribution in [1.29, 1.82) is 0 Å². The molecule has 3 nitrogen and oxygen atoms in total. The van der Waals surface area contributed by atoms with Crippen molar-refractivity contribution in [3.8, 4) is 0 Å². The Morgan fingerprint density at radius 3 is 2.92 bits per heavy atom. The molecule has 0 aromatic carbocycles. The SMILES string of the molecule is CCC(Cc1ccco1)C(=O)NC. The predicted octanol–water partition coefficient (Wildman–Crippen LogP) is 1.59. The van der Waals surface area contributed by atoms with Gasteiger partial charge in [-0.05, 0) is 18.6 Å². The lowest BCUT2D eigenvalue weighted by Crippen LogP contribution is -2.28. The van der Waals surface area contributed by atoms with E-state index in [9.17, 15) is 4.79 Å². The molecule has 0 spiro atoms. The third kappa shape index (κ3) is 2.61. The summed E-state index contributed by atoms with van der Waals surface area (Å²) in [6.45, 7) is 2.00. The van der Waals surface area contributed by atoms with Gasteiger partial charge in [0.1, 0.15) is 5.76 Å². The Bertz CT molecular complexity index is 254. The van der Waals surface area contributed by atoms with Crippen molar-refractivity contribution in [2.24, 2.45) is 5.92 Å². The van der Waals surface area contributed by atoms with Crippen molar-refractivity contribution in [1.82, 2.24) is 5.32 Å². The molecule has 1 aromatic heterocycles. The number of furan rings is 1. The highest BCUT2D eigenvalue weighted by Crippen LogP contribution is 2.12. The molecule has 0 aliphatic rings. The van der Waals surface area contributed by atoms with E-state index in [1.54, 1.807) is 13.3 Å². The Kier molecular flexibility index (Phi) is 3.55. The molecule has 1 rings (SSSR count). The Labute approximate surface area is 78.1 Å². The average Bonchev–Trinajstić information content (AvgIpc) is 2.65. The van der Waals surface area contributed by atoms with E-state index in [1.807, 2.05) is 19.1 Å². The van der Waals surface area contributed by atoms with E-state index < -0.39 is 0 Å². The number of hydrogen-bond donors (Lipinski definition) is 1. The summed E-state index contributed by atoms with van der Waals surface area (Å²) < 4.78 is 5.18. The van der Waals surface area contributed by atoms with Gasteiger partial charge in [0.2, 0.25) is 5.91 Å². The fourth-order valence-electron chi connectivity index (χ4n) is 1.30.